The highest BCUT2D eigenvalue weighted by Gasteiger charge is 2.06. The van der Waals surface area contributed by atoms with Crippen LogP contribution in [0.25, 0.3) is 11.0 Å². The molecule has 0 fully saturated rings. The quantitative estimate of drug-likeness (QED) is 0.860. The Labute approximate surface area is 94.2 Å². The molecule has 0 saturated heterocycles. The van der Waals surface area contributed by atoms with Gasteiger partial charge in [0.05, 0.1) is 0 Å². The Hall–Kier alpha value is -1.35. The number of hydrogen-bond acceptors (Lipinski definition) is 2. The Morgan fingerprint density at radius 1 is 1.38 bits per heavy atom. The second kappa shape index (κ2) is 4.66. The van der Waals surface area contributed by atoms with E-state index in [1.807, 2.05) is 6.07 Å². The van der Waals surface area contributed by atoms with Gasteiger partial charge in [0.1, 0.15) is 17.2 Å². The third-order valence-corrected chi connectivity index (χ3v) is 2.82. The molecular formula is C13H16FNO. The van der Waals surface area contributed by atoms with Gasteiger partial charge in [-0.3, -0.25) is 0 Å². The average Bonchev–Trinajstić information content (AvgIpc) is 2.67. The Kier molecular flexibility index (Phi) is 3.25. The van der Waals surface area contributed by atoms with Crippen LogP contribution in [-0.4, -0.2) is 6.04 Å². The van der Waals surface area contributed by atoms with E-state index in [1.54, 1.807) is 6.07 Å². The number of benzene rings is 1. The number of furan rings is 1. The van der Waals surface area contributed by atoms with Crippen LogP contribution in [0.15, 0.2) is 28.7 Å². The smallest absolute Gasteiger partial charge is 0.134 e. The van der Waals surface area contributed by atoms with Crippen molar-refractivity contribution in [2.24, 2.45) is 5.73 Å². The van der Waals surface area contributed by atoms with Crippen LogP contribution in [-0.2, 0) is 6.42 Å². The maximum atomic E-state index is 13.0. The van der Waals surface area contributed by atoms with Gasteiger partial charge >= 0.3 is 0 Å². The first-order valence-corrected chi connectivity index (χ1v) is 5.62. The number of hydrogen-bond donors (Lipinski definition) is 1. The number of rotatable bonds is 4. The molecule has 2 N–H and O–H groups in total. The summed E-state index contributed by atoms with van der Waals surface area (Å²) in [7, 11) is 0. The first-order chi connectivity index (χ1) is 7.69. The van der Waals surface area contributed by atoms with Gasteiger partial charge in [-0.15, -0.1) is 0 Å². The molecule has 1 atom stereocenters. The average molecular weight is 221 g/mol. The summed E-state index contributed by atoms with van der Waals surface area (Å²) in [5.41, 5.74) is 6.57. The molecule has 1 unspecified atom stereocenters. The molecule has 1 aromatic carbocycles. The zero-order chi connectivity index (χ0) is 11.5. The van der Waals surface area contributed by atoms with Gasteiger partial charge < -0.3 is 10.2 Å². The van der Waals surface area contributed by atoms with Crippen molar-refractivity contribution in [2.45, 2.75) is 32.2 Å². The van der Waals surface area contributed by atoms with Gasteiger partial charge in [-0.05, 0) is 37.1 Å². The third-order valence-electron chi connectivity index (χ3n) is 2.82. The van der Waals surface area contributed by atoms with Gasteiger partial charge in [-0.1, -0.05) is 6.92 Å². The van der Waals surface area contributed by atoms with Crippen molar-refractivity contribution in [3.05, 3.63) is 35.8 Å². The monoisotopic (exact) mass is 221 g/mol. The molecule has 3 heteroatoms. The van der Waals surface area contributed by atoms with Gasteiger partial charge in [0.25, 0.3) is 0 Å². The lowest BCUT2D eigenvalue weighted by atomic mass is 10.1. The van der Waals surface area contributed by atoms with Crippen molar-refractivity contribution in [2.75, 3.05) is 0 Å². The molecule has 0 bridgehead atoms. The second-order valence-electron chi connectivity index (χ2n) is 4.10. The van der Waals surface area contributed by atoms with Crippen LogP contribution in [0.2, 0.25) is 0 Å². The minimum atomic E-state index is -0.231. The summed E-state index contributed by atoms with van der Waals surface area (Å²) in [6.07, 6.45) is 2.68. The van der Waals surface area contributed by atoms with Gasteiger partial charge in [0.2, 0.25) is 0 Å². The molecular weight excluding hydrogens is 205 g/mol. The lowest BCUT2D eigenvalue weighted by molar-refractivity contribution is 0.507. The summed E-state index contributed by atoms with van der Waals surface area (Å²) in [4.78, 5) is 0. The molecule has 2 aromatic rings. The van der Waals surface area contributed by atoms with E-state index in [0.717, 1.165) is 36.0 Å². The van der Waals surface area contributed by atoms with Crippen molar-refractivity contribution < 1.29 is 8.81 Å². The van der Waals surface area contributed by atoms with Gasteiger partial charge in [-0.2, -0.15) is 0 Å². The minimum Gasteiger partial charge on any atom is -0.461 e. The standard InChI is InChI=1S/C13H16FNO/c1-2-11(15)4-5-12-8-9-7-10(14)3-6-13(9)16-12/h3,6-8,11H,2,4-5,15H2,1H3. The van der Waals surface area contributed by atoms with Crippen molar-refractivity contribution in [1.82, 2.24) is 0 Å². The van der Waals surface area contributed by atoms with E-state index >= 15 is 0 Å². The highest BCUT2D eigenvalue weighted by atomic mass is 19.1. The molecule has 0 spiro atoms. The summed E-state index contributed by atoms with van der Waals surface area (Å²) < 4.78 is 18.5. The van der Waals surface area contributed by atoms with Crippen LogP contribution < -0.4 is 5.73 Å². The van der Waals surface area contributed by atoms with E-state index in [0.29, 0.717) is 0 Å². The van der Waals surface area contributed by atoms with Crippen LogP contribution in [0.5, 0.6) is 0 Å². The van der Waals surface area contributed by atoms with Gasteiger partial charge in [0.15, 0.2) is 0 Å². The lowest BCUT2D eigenvalue weighted by Crippen LogP contribution is -2.18. The largest absolute Gasteiger partial charge is 0.461 e. The SMILES string of the molecule is CCC(N)CCc1cc2cc(F)ccc2o1. The van der Waals surface area contributed by atoms with Crippen LogP contribution in [0, 0.1) is 5.82 Å². The highest BCUT2D eigenvalue weighted by molar-refractivity contribution is 5.77. The normalized spacial score (nSPS) is 13.2. The fourth-order valence-corrected chi connectivity index (χ4v) is 1.72. The lowest BCUT2D eigenvalue weighted by Gasteiger charge is -2.05. The first kappa shape index (κ1) is 11.1. The first-order valence-electron chi connectivity index (χ1n) is 5.62. The Bertz CT molecular complexity index is 478. The Balaban J connectivity index is 2.13. The molecule has 0 aliphatic heterocycles. The van der Waals surface area contributed by atoms with Gasteiger partial charge in [-0.25, -0.2) is 4.39 Å². The summed E-state index contributed by atoms with van der Waals surface area (Å²) in [6, 6.07) is 6.66. The number of fused-ring (bicyclic) bond motifs is 1. The van der Waals surface area contributed by atoms with E-state index in [2.05, 4.69) is 6.92 Å². The van der Waals surface area contributed by atoms with E-state index < -0.39 is 0 Å². The third kappa shape index (κ3) is 2.42. The Morgan fingerprint density at radius 2 is 2.19 bits per heavy atom. The van der Waals surface area contributed by atoms with Crippen LogP contribution in [0.3, 0.4) is 0 Å². The number of halogens is 1. The maximum Gasteiger partial charge on any atom is 0.134 e. The Morgan fingerprint density at radius 3 is 2.94 bits per heavy atom. The van der Waals surface area contributed by atoms with E-state index in [4.69, 9.17) is 10.2 Å². The van der Waals surface area contributed by atoms with Crippen molar-refractivity contribution in [1.29, 1.82) is 0 Å². The van der Waals surface area contributed by atoms with Crippen LogP contribution in [0.4, 0.5) is 4.39 Å². The summed E-state index contributed by atoms with van der Waals surface area (Å²) >= 11 is 0. The summed E-state index contributed by atoms with van der Waals surface area (Å²) in [5, 5.41) is 0.820. The van der Waals surface area contributed by atoms with Crippen molar-refractivity contribution >= 4 is 11.0 Å². The molecule has 1 heterocycles. The molecule has 16 heavy (non-hydrogen) atoms. The van der Waals surface area contributed by atoms with Crippen molar-refractivity contribution in [3.8, 4) is 0 Å². The zero-order valence-electron chi connectivity index (χ0n) is 9.37. The van der Waals surface area contributed by atoms with E-state index in [-0.39, 0.29) is 11.9 Å². The minimum absolute atomic E-state index is 0.213. The summed E-state index contributed by atoms with van der Waals surface area (Å²) in [6.45, 7) is 2.07. The number of nitrogens with two attached hydrogens (primary N) is 1. The molecule has 2 rings (SSSR count). The van der Waals surface area contributed by atoms with Crippen molar-refractivity contribution in [3.63, 3.8) is 0 Å². The summed E-state index contributed by atoms with van der Waals surface area (Å²) in [5.74, 6) is 0.648. The molecule has 0 radical (unpaired) electrons. The number of aryl methyl sites for hydroxylation is 1. The fraction of sp³-hybridized carbons (Fsp3) is 0.385. The van der Waals surface area contributed by atoms with E-state index in [9.17, 15) is 4.39 Å². The maximum absolute atomic E-state index is 13.0. The second-order valence-corrected chi connectivity index (χ2v) is 4.10. The topological polar surface area (TPSA) is 39.2 Å². The zero-order valence-corrected chi connectivity index (χ0v) is 9.37. The van der Waals surface area contributed by atoms with Crippen LogP contribution >= 0.6 is 0 Å². The molecule has 0 aliphatic carbocycles. The molecule has 1 aromatic heterocycles. The predicted molar refractivity (Wildman–Crippen MR) is 62.8 cm³/mol. The fourth-order valence-electron chi connectivity index (χ4n) is 1.72. The molecule has 0 saturated carbocycles. The highest BCUT2D eigenvalue weighted by Crippen LogP contribution is 2.21. The molecule has 86 valence electrons. The molecule has 0 amide bonds. The van der Waals surface area contributed by atoms with E-state index in [1.165, 1.54) is 12.1 Å². The molecule has 0 aliphatic rings. The van der Waals surface area contributed by atoms with Crippen LogP contribution in [0.1, 0.15) is 25.5 Å². The molecule has 2 nitrogen and oxygen atoms in total. The predicted octanol–water partition coefficient (Wildman–Crippen LogP) is 3.24. The van der Waals surface area contributed by atoms with Gasteiger partial charge in [0, 0.05) is 17.8 Å².